The lowest BCUT2D eigenvalue weighted by molar-refractivity contribution is -0.124. The quantitative estimate of drug-likeness (QED) is 0.224. The molecular formula is C32H45N5O3S. The van der Waals surface area contributed by atoms with Crippen LogP contribution >= 0.6 is 11.3 Å². The molecule has 0 aliphatic heterocycles. The van der Waals surface area contributed by atoms with Crippen LogP contribution in [0, 0.1) is 5.92 Å². The molecule has 0 aliphatic rings. The number of aromatic nitrogens is 1. The number of carbonyl (C=O) groups excluding carboxylic acids is 2. The zero-order chi connectivity index (χ0) is 29.9. The molecule has 0 saturated carbocycles. The van der Waals surface area contributed by atoms with Crippen molar-refractivity contribution in [3.05, 3.63) is 87.9 Å². The minimum Gasteiger partial charge on any atom is -0.391 e. The van der Waals surface area contributed by atoms with Crippen molar-refractivity contribution in [3.8, 4) is 0 Å². The lowest BCUT2D eigenvalue weighted by atomic mass is 9.93. The van der Waals surface area contributed by atoms with Crippen LogP contribution in [0.3, 0.4) is 0 Å². The number of benzene rings is 2. The van der Waals surface area contributed by atoms with E-state index in [9.17, 15) is 14.7 Å². The second kappa shape index (κ2) is 15.7. The van der Waals surface area contributed by atoms with Gasteiger partial charge in [0.15, 0.2) is 0 Å². The number of hydrogen-bond donors (Lipinski definition) is 4. The molecule has 41 heavy (non-hydrogen) atoms. The van der Waals surface area contributed by atoms with Gasteiger partial charge in [0.1, 0.15) is 6.04 Å². The van der Waals surface area contributed by atoms with Gasteiger partial charge >= 0.3 is 6.03 Å². The molecule has 0 radical (unpaired) electrons. The maximum atomic E-state index is 13.6. The molecule has 4 atom stereocenters. The van der Waals surface area contributed by atoms with Gasteiger partial charge in [0.25, 0.3) is 0 Å². The monoisotopic (exact) mass is 579 g/mol. The summed E-state index contributed by atoms with van der Waals surface area (Å²) in [5.74, 6) is -0.110. The molecule has 0 fully saturated rings. The second-order valence-corrected chi connectivity index (χ2v) is 12.3. The van der Waals surface area contributed by atoms with E-state index in [-0.39, 0.29) is 30.3 Å². The number of nitrogens with zero attached hydrogens (tertiary/aromatic N) is 2. The Morgan fingerprint density at radius 3 is 2.07 bits per heavy atom. The summed E-state index contributed by atoms with van der Waals surface area (Å²) < 4.78 is 0. The summed E-state index contributed by atoms with van der Waals surface area (Å²) in [5, 5.41) is 20.0. The Kier molecular flexibility index (Phi) is 12.3. The molecule has 9 heteroatoms. The molecule has 0 aliphatic carbocycles. The summed E-state index contributed by atoms with van der Waals surface area (Å²) in [7, 11) is 1.70. The smallest absolute Gasteiger partial charge is 0.318 e. The Bertz CT molecular complexity index is 1220. The zero-order valence-electron chi connectivity index (χ0n) is 24.8. The Balaban J connectivity index is 1.66. The molecule has 0 unspecified atom stereocenters. The number of urea groups is 1. The number of nitrogens with one attached hydrogen (secondary N) is 2. The van der Waals surface area contributed by atoms with Crippen LogP contribution in [-0.4, -0.2) is 58.2 Å². The van der Waals surface area contributed by atoms with Crippen LogP contribution in [0.1, 0.15) is 61.9 Å². The lowest BCUT2D eigenvalue weighted by Crippen LogP contribution is -2.55. The summed E-state index contributed by atoms with van der Waals surface area (Å²) >= 11 is 1.59. The Hall–Kier alpha value is -3.27. The number of aliphatic hydroxyl groups is 1. The van der Waals surface area contributed by atoms with Crippen LogP contribution in [0.4, 0.5) is 4.79 Å². The summed E-state index contributed by atoms with van der Waals surface area (Å²) in [5.41, 5.74) is 9.29. The van der Waals surface area contributed by atoms with Crippen LogP contribution in [0.15, 0.2) is 66.0 Å². The SMILES string of the molecule is CC(C)c1nc(CN(C)C(=O)N[C@H](C(=O)N[C@H](Cc2ccccc2)C[C@H](O)[C@@H](N)Cc2ccccc2)C(C)C)cs1. The van der Waals surface area contributed by atoms with E-state index in [1.165, 1.54) is 4.90 Å². The van der Waals surface area contributed by atoms with E-state index < -0.39 is 18.2 Å². The third-order valence-corrected chi connectivity index (χ3v) is 8.24. The number of aliphatic hydroxyl groups excluding tert-OH is 1. The fourth-order valence-corrected chi connectivity index (χ4v) is 5.45. The van der Waals surface area contributed by atoms with Crippen molar-refractivity contribution in [2.45, 2.75) is 83.6 Å². The summed E-state index contributed by atoms with van der Waals surface area (Å²) in [4.78, 5) is 32.8. The predicted octanol–water partition coefficient (Wildman–Crippen LogP) is 4.48. The summed E-state index contributed by atoms with van der Waals surface area (Å²) in [6.07, 6.45) is 0.525. The minimum absolute atomic E-state index is 0.151. The largest absolute Gasteiger partial charge is 0.391 e. The Labute approximate surface area is 248 Å². The summed E-state index contributed by atoms with van der Waals surface area (Å²) in [6.45, 7) is 8.33. The van der Waals surface area contributed by atoms with Crippen molar-refractivity contribution in [1.29, 1.82) is 0 Å². The maximum absolute atomic E-state index is 13.6. The van der Waals surface area contributed by atoms with Crippen molar-refractivity contribution in [3.63, 3.8) is 0 Å². The normalized spacial score (nSPS) is 14.4. The van der Waals surface area contributed by atoms with Gasteiger partial charge in [-0.1, -0.05) is 88.4 Å². The molecular weight excluding hydrogens is 534 g/mol. The van der Waals surface area contributed by atoms with Crippen LogP contribution in [0.5, 0.6) is 0 Å². The predicted molar refractivity (Wildman–Crippen MR) is 166 cm³/mol. The molecule has 3 aromatic rings. The van der Waals surface area contributed by atoms with Crippen molar-refractivity contribution in [2.75, 3.05) is 7.05 Å². The van der Waals surface area contributed by atoms with Crippen molar-refractivity contribution in [1.82, 2.24) is 20.5 Å². The molecule has 5 N–H and O–H groups in total. The average molecular weight is 580 g/mol. The molecule has 3 amide bonds. The second-order valence-electron chi connectivity index (χ2n) is 11.4. The molecule has 2 aromatic carbocycles. The lowest BCUT2D eigenvalue weighted by Gasteiger charge is -2.29. The topological polar surface area (TPSA) is 121 Å². The van der Waals surface area contributed by atoms with E-state index in [2.05, 4.69) is 29.5 Å². The van der Waals surface area contributed by atoms with Crippen molar-refractivity contribution >= 4 is 23.3 Å². The van der Waals surface area contributed by atoms with Crippen LogP contribution in [0.2, 0.25) is 0 Å². The first kappa shape index (κ1) is 32.2. The van der Waals surface area contributed by atoms with Gasteiger partial charge in [-0.3, -0.25) is 4.79 Å². The van der Waals surface area contributed by atoms with Crippen LogP contribution in [0.25, 0.3) is 0 Å². The van der Waals surface area contributed by atoms with Crippen LogP contribution in [-0.2, 0) is 24.2 Å². The number of carbonyl (C=O) groups is 2. The molecule has 222 valence electrons. The fraction of sp³-hybridized carbons (Fsp3) is 0.469. The zero-order valence-corrected chi connectivity index (χ0v) is 25.6. The van der Waals surface area contributed by atoms with E-state index in [0.29, 0.717) is 25.3 Å². The molecule has 1 aromatic heterocycles. The standard InChI is InChI=1S/C32H45N5O3S/c1-21(2)29(36-32(40)37(5)19-26-20-41-31(35-26)22(3)4)30(39)34-25(16-23-12-8-6-9-13-23)18-28(38)27(33)17-24-14-10-7-11-15-24/h6-15,20-22,25,27-29,38H,16-19,33H2,1-5H3,(H,34,39)(H,36,40)/t25-,27+,28+,29+/m1/s1. The Morgan fingerprint density at radius 2 is 1.54 bits per heavy atom. The highest BCUT2D eigenvalue weighted by Crippen LogP contribution is 2.20. The Morgan fingerprint density at radius 1 is 0.951 bits per heavy atom. The molecule has 1 heterocycles. The third kappa shape index (κ3) is 10.3. The minimum atomic E-state index is -0.823. The molecule has 8 nitrogen and oxygen atoms in total. The first-order valence-corrected chi connectivity index (χ1v) is 15.2. The molecule has 0 bridgehead atoms. The number of nitrogens with two attached hydrogens (primary N) is 1. The fourth-order valence-electron chi connectivity index (χ4n) is 4.62. The first-order chi connectivity index (χ1) is 19.5. The molecule has 0 spiro atoms. The number of hydrogen-bond acceptors (Lipinski definition) is 6. The van der Waals surface area contributed by atoms with E-state index in [4.69, 9.17) is 5.73 Å². The molecule has 3 rings (SSSR count). The maximum Gasteiger partial charge on any atom is 0.318 e. The van der Waals surface area contributed by atoms with Gasteiger partial charge in [-0.2, -0.15) is 0 Å². The average Bonchev–Trinajstić information content (AvgIpc) is 3.41. The first-order valence-electron chi connectivity index (χ1n) is 14.3. The van der Waals surface area contributed by atoms with Gasteiger partial charge in [-0.05, 0) is 36.3 Å². The third-order valence-electron chi connectivity index (χ3n) is 7.04. The van der Waals surface area contributed by atoms with Gasteiger partial charge in [0.05, 0.1) is 23.4 Å². The van der Waals surface area contributed by atoms with E-state index in [1.807, 2.05) is 79.9 Å². The molecule has 0 saturated heterocycles. The van der Waals surface area contributed by atoms with Crippen LogP contribution < -0.4 is 16.4 Å². The van der Waals surface area contributed by atoms with Gasteiger partial charge in [0, 0.05) is 30.4 Å². The summed E-state index contributed by atoms with van der Waals surface area (Å²) in [6, 6.07) is 17.7. The van der Waals surface area contributed by atoms with Gasteiger partial charge in [-0.25, -0.2) is 9.78 Å². The van der Waals surface area contributed by atoms with Gasteiger partial charge in [-0.15, -0.1) is 11.3 Å². The van der Waals surface area contributed by atoms with Crippen molar-refractivity contribution < 1.29 is 14.7 Å². The highest BCUT2D eigenvalue weighted by molar-refractivity contribution is 7.09. The van der Waals surface area contributed by atoms with Gasteiger partial charge < -0.3 is 26.4 Å². The van der Waals surface area contributed by atoms with Gasteiger partial charge in [0.2, 0.25) is 5.91 Å². The van der Waals surface area contributed by atoms with E-state index in [0.717, 1.165) is 21.8 Å². The highest BCUT2D eigenvalue weighted by atomic mass is 32.1. The van der Waals surface area contributed by atoms with E-state index in [1.54, 1.807) is 18.4 Å². The van der Waals surface area contributed by atoms with E-state index >= 15 is 0 Å². The number of thiazole rings is 1. The number of rotatable bonds is 14. The number of amides is 3. The van der Waals surface area contributed by atoms with Crippen molar-refractivity contribution in [2.24, 2.45) is 11.7 Å². The highest BCUT2D eigenvalue weighted by Gasteiger charge is 2.29.